The van der Waals surface area contributed by atoms with Gasteiger partial charge in [0.1, 0.15) is 12.1 Å². The first-order valence-electron chi connectivity index (χ1n) is 18.7. The van der Waals surface area contributed by atoms with Crippen molar-refractivity contribution in [1.82, 2.24) is 25.5 Å². The van der Waals surface area contributed by atoms with E-state index in [9.17, 15) is 48.1 Å². The third kappa shape index (κ3) is 17.5. The van der Waals surface area contributed by atoms with Gasteiger partial charge in [0.15, 0.2) is 11.6 Å². The van der Waals surface area contributed by atoms with E-state index < -0.39 is 112 Å². The molecule has 4 amide bonds. The Morgan fingerprint density at radius 2 is 1.72 bits per heavy atom. The molecule has 0 radical (unpaired) electrons. The number of primary amides is 1. The summed E-state index contributed by atoms with van der Waals surface area (Å²) in [5.41, 5.74) is 5.91. The molecule has 1 fully saturated rings. The topological polar surface area (TPSA) is 316 Å². The second kappa shape index (κ2) is 24.6. The fraction of sp³-hybridized carbons (Fsp3) is 0.714. The lowest BCUT2D eigenvalue weighted by atomic mass is 9.89. The molecule has 1 unspecified atom stereocenters. The first-order chi connectivity index (χ1) is 26.9. The number of carbonyl (C=O) groups excluding carboxylic acids is 6. The molecule has 21 nitrogen and oxygen atoms in total. The largest absolute Gasteiger partial charge is 0.481 e. The van der Waals surface area contributed by atoms with Crippen LogP contribution in [0.4, 0.5) is 0 Å². The molecule has 322 valence electrons. The summed E-state index contributed by atoms with van der Waals surface area (Å²) in [6.45, 7) is 4.45. The molecule has 22 heteroatoms. The number of rotatable bonds is 29. The Morgan fingerprint density at radius 3 is 2.32 bits per heavy atom. The van der Waals surface area contributed by atoms with Crippen molar-refractivity contribution in [2.75, 3.05) is 46.7 Å². The average molecular weight is 833 g/mol. The number of aliphatic hydroxyl groups excluding tert-OH is 1. The molecule has 0 bridgehead atoms. The average Bonchev–Trinajstić information content (AvgIpc) is 3.84. The molecule has 1 aliphatic rings. The van der Waals surface area contributed by atoms with Crippen LogP contribution in [0.3, 0.4) is 0 Å². The second-order valence-corrected chi connectivity index (χ2v) is 15.5. The quantitative estimate of drug-likeness (QED) is 0.0400. The van der Waals surface area contributed by atoms with Gasteiger partial charge in [-0.15, -0.1) is 0 Å². The van der Waals surface area contributed by atoms with E-state index in [4.69, 9.17) is 24.8 Å². The maximum atomic E-state index is 13.9. The van der Waals surface area contributed by atoms with Gasteiger partial charge in [-0.3, -0.25) is 42.6 Å². The number of carbonyl (C=O) groups is 7. The summed E-state index contributed by atoms with van der Waals surface area (Å²) in [5, 5.41) is 24.0. The van der Waals surface area contributed by atoms with Gasteiger partial charge in [-0.2, -0.15) is 0 Å². The molecule has 0 aliphatic carbocycles. The fourth-order valence-corrected chi connectivity index (χ4v) is 7.09. The monoisotopic (exact) mass is 832 g/mol. The van der Waals surface area contributed by atoms with Crippen molar-refractivity contribution >= 4 is 49.0 Å². The molecule has 7 atom stereocenters. The molecule has 1 aromatic heterocycles. The van der Waals surface area contributed by atoms with E-state index in [2.05, 4.69) is 25.1 Å². The molecular formula is C35H57N6O15P. The highest BCUT2D eigenvalue weighted by molar-refractivity contribution is 7.47. The number of likely N-dealkylation sites (tertiary alicyclic amines) is 1. The number of aromatic amines is 1. The molecule has 0 spiro atoms. The van der Waals surface area contributed by atoms with Crippen molar-refractivity contribution in [2.45, 2.75) is 96.4 Å². The zero-order chi connectivity index (χ0) is 42.7. The molecule has 2 rings (SSSR count). The number of hydrogen-bond acceptors (Lipinski definition) is 14. The highest BCUT2D eigenvalue weighted by Crippen LogP contribution is 2.46. The maximum Gasteiger partial charge on any atom is 0.472 e. The van der Waals surface area contributed by atoms with E-state index in [1.165, 1.54) is 24.5 Å². The Hall–Kier alpha value is -4.11. The van der Waals surface area contributed by atoms with Crippen molar-refractivity contribution in [3.8, 4) is 0 Å². The number of nitrogens with zero attached hydrogens (tertiary/aromatic N) is 2. The molecule has 1 saturated heterocycles. The number of amides is 4. The van der Waals surface area contributed by atoms with Gasteiger partial charge in [0, 0.05) is 44.8 Å². The molecular weight excluding hydrogens is 775 g/mol. The van der Waals surface area contributed by atoms with Gasteiger partial charge in [0.05, 0.1) is 76.2 Å². The number of Topliss-reactive ketones (excluding diaryl/α,β-unsaturated/α-hetero) is 2. The first-order valence-corrected chi connectivity index (χ1v) is 20.2. The Morgan fingerprint density at radius 1 is 1.02 bits per heavy atom. The van der Waals surface area contributed by atoms with E-state index in [1.54, 1.807) is 0 Å². The maximum absolute atomic E-state index is 13.9. The van der Waals surface area contributed by atoms with Crippen LogP contribution in [0.2, 0.25) is 0 Å². The normalized spacial score (nSPS) is 17.9. The van der Waals surface area contributed by atoms with E-state index in [-0.39, 0.29) is 37.7 Å². The second-order valence-electron chi connectivity index (χ2n) is 14.1. The van der Waals surface area contributed by atoms with Crippen LogP contribution in [0, 0.1) is 17.8 Å². The van der Waals surface area contributed by atoms with Crippen molar-refractivity contribution in [1.29, 1.82) is 0 Å². The van der Waals surface area contributed by atoms with Crippen LogP contribution in [0.1, 0.15) is 71.4 Å². The molecule has 57 heavy (non-hydrogen) atoms. The van der Waals surface area contributed by atoms with Crippen LogP contribution in [-0.2, 0) is 63.1 Å². The third-order valence-corrected chi connectivity index (χ3v) is 10.2. The van der Waals surface area contributed by atoms with Gasteiger partial charge < -0.3 is 50.8 Å². The number of ketones is 2. The van der Waals surface area contributed by atoms with Crippen molar-refractivity contribution in [2.24, 2.45) is 23.5 Å². The minimum atomic E-state index is -4.89. The number of methoxy groups -OCH3 is 1. The standard InChI is InChI=1S/C35H57N6O15P/c1-21(2)14-26(39-35(50)28-6-5-9-41(28)31(45)7-10-54-13-12-53-4)29(43)16-23(15-24-18-37-20-38-24)34(49)40-27(19-42)30(44)17-25(33(36)48)22(3)56-57(51,52)55-11-8-32(46)47/h18,20-23,25-28,42H,5-17,19H2,1-4H3,(H2,36,48)(H,37,38)(H,39,50)(H,40,49)(H,46,47)(H,51,52)/t22-,23-,25+,26+,27+,28+/m1/s1. The molecule has 8 N–H and O–H groups in total. The number of phosphoric acid groups is 1. The van der Waals surface area contributed by atoms with Crippen LogP contribution in [-0.4, -0.2) is 142 Å². The van der Waals surface area contributed by atoms with Crippen LogP contribution in [0.5, 0.6) is 0 Å². The van der Waals surface area contributed by atoms with Crippen LogP contribution in [0.15, 0.2) is 12.5 Å². The molecule has 0 aromatic carbocycles. The number of nitrogens with one attached hydrogen (secondary N) is 3. The number of imidazole rings is 1. The van der Waals surface area contributed by atoms with Gasteiger partial charge in [-0.05, 0) is 32.1 Å². The van der Waals surface area contributed by atoms with Gasteiger partial charge >= 0.3 is 13.8 Å². The molecule has 1 aromatic rings. The van der Waals surface area contributed by atoms with Gasteiger partial charge in [-0.1, -0.05) is 13.8 Å². The summed E-state index contributed by atoms with van der Waals surface area (Å²) in [6, 6.07) is -3.44. The minimum Gasteiger partial charge on any atom is -0.481 e. The molecule has 0 saturated carbocycles. The zero-order valence-corrected chi connectivity index (χ0v) is 33.6. The number of aliphatic hydroxyl groups is 1. The zero-order valence-electron chi connectivity index (χ0n) is 32.8. The lowest BCUT2D eigenvalue weighted by molar-refractivity contribution is -0.140. The number of hydrogen-bond donors (Lipinski definition) is 7. The number of H-pyrrole nitrogens is 1. The SMILES string of the molecule is COCCOCCC(=O)N1CCC[C@H]1C(=O)N[C@@H](CC(C)C)C(=O)C[C@@H](Cc1cnc[nH]1)C(=O)N[C@@H](CO)C(=O)C[C@H](C(N)=O)[C@@H](C)OP(=O)(O)OCCC(=O)O. The lowest BCUT2D eigenvalue weighted by Crippen LogP contribution is -2.52. The van der Waals surface area contributed by atoms with Crippen molar-refractivity contribution < 1.29 is 71.8 Å². The van der Waals surface area contributed by atoms with Gasteiger partial charge in [0.25, 0.3) is 0 Å². The Balaban J connectivity index is 2.18. The number of nitrogens with two attached hydrogens (primary N) is 1. The van der Waals surface area contributed by atoms with Crippen LogP contribution in [0.25, 0.3) is 0 Å². The lowest BCUT2D eigenvalue weighted by Gasteiger charge is -2.28. The fourth-order valence-electron chi connectivity index (χ4n) is 6.14. The molecule has 1 aliphatic heterocycles. The van der Waals surface area contributed by atoms with Crippen molar-refractivity contribution in [3.63, 3.8) is 0 Å². The number of aromatic nitrogens is 2. The Labute approximate surface area is 330 Å². The van der Waals surface area contributed by atoms with Crippen LogP contribution < -0.4 is 16.4 Å². The summed E-state index contributed by atoms with van der Waals surface area (Å²) >= 11 is 0. The van der Waals surface area contributed by atoms with E-state index >= 15 is 0 Å². The highest BCUT2D eigenvalue weighted by Gasteiger charge is 2.38. The highest BCUT2D eigenvalue weighted by atomic mass is 31.2. The number of carboxylic acids is 1. The predicted molar refractivity (Wildman–Crippen MR) is 199 cm³/mol. The summed E-state index contributed by atoms with van der Waals surface area (Å²) < 4.78 is 32.1. The smallest absolute Gasteiger partial charge is 0.472 e. The van der Waals surface area contributed by atoms with Crippen molar-refractivity contribution in [3.05, 3.63) is 18.2 Å². The first kappa shape index (κ1) is 49.0. The molecule has 2 heterocycles. The summed E-state index contributed by atoms with van der Waals surface area (Å²) in [5.74, 6) is -8.19. The number of aliphatic carboxylic acids is 1. The van der Waals surface area contributed by atoms with E-state index in [0.717, 1.165) is 6.92 Å². The number of carboxylic acid groups (broad SMARTS) is 1. The van der Waals surface area contributed by atoms with E-state index in [1.807, 2.05) is 13.8 Å². The summed E-state index contributed by atoms with van der Waals surface area (Å²) in [6.07, 6.45) is 0.710. The minimum absolute atomic E-state index is 0.0634. The van der Waals surface area contributed by atoms with Crippen LogP contribution >= 0.6 is 7.82 Å². The summed E-state index contributed by atoms with van der Waals surface area (Å²) in [4.78, 5) is 109. The van der Waals surface area contributed by atoms with E-state index in [0.29, 0.717) is 38.3 Å². The number of ether oxygens (including phenoxy) is 2. The third-order valence-electron chi connectivity index (χ3n) is 9.13. The predicted octanol–water partition coefficient (Wildman–Crippen LogP) is -0.363. The summed E-state index contributed by atoms with van der Waals surface area (Å²) in [7, 11) is -3.36. The Bertz CT molecular complexity index is 1540. The number of phosphoric ester groups is 1. The Kier molecular flexibility index (Phi) is 21.2. The van der Waals surface area contributed by atoms with Gasteiger partial charge in [-0.25, -0.2) is 9.55 Å². The van der Waals surface area contributed by atoms with Gasteiger partial charge in [0.2, 0.25) is 23.6 Å².